The molecule has 0 radical (unpaired) electrons. The first kappa shape index (κ1) is 19.5. The second-order valence-electron chi connectivity index (χ2n) is 7.04. The first-order valence-electron chi connectivity index (χ1n) is 9.57. The van der Waals surface area contributed by atoms with Crippen molar-refractivity contribution in [3.63, 3.8) is 0 Å². The van der Waals surface area contributed by atoms with E-state index in [1.54, 1.807) is 18.2 Å². The number of aryl methyl sites for hydroxylation is 1. The van der Waals surface area contributed by atoms with Gasteiger partial charge in [0.15, 0.2) is 0 Å². The fraction of sp³-hybridized carbons (Fsp3) is 0.120. The van der Waals surface area contributed by atoms with Crippen molar-refractivity contribution in [3.8, 4) is 11.8 Å². The van der Waals surface area contributed by atoms with Gasteiger partial charge in [-0.3, -0.25) is 0 Å². The van der Waals surface area contributed by atoms with Gasteiger partial charge >= 0.3 is 5.97 Å². The zero-order chi connectivity index (χ0) is 21.3. The minimum Gasteiger partial charge on any atom is -0.423 e. The zero-order valence-electron chi connectivity index (χ0n) is 16.2. The average Bonchev–Trinajstić information content (AvgIpc) is 2.74. The Hall–Kier alpha value is -3.78. The predicted octanol–water partition coefficient (Wildman–Crippen LogP) is 6.31. The highest BCUT2D eigenvalue weighted by Gasteiger charge is 2.18. The number of nitriles is 1. The SMILES string of the molecule is CCCc1ccc2c(ccc3c(F)c(C(=O)Oc4ccc(C#N)c(F)c4)ccc32)c1. The molecule has 4 aromatic rings. The summed E-state index contributed by atoms with van der Waals surface area (Å²) in [5.74, 6) is -2.53. The van der Waals surface area contributed by atoms with E-state index in [2.05, 4.69) is 13.0 Å². The van der Waals surface area contributed by atoms with Crippen LogP contribution in [0.1, 0.15) is 34.8 Å². The van der Waals surface area contributed by atoms with Crippen LogP contribution >= 0.6 is 0 Å². The molecule has 30 heavy (non-hydrogen) atoms. The summed E-state index contributed by atoms with van der Waals surface area (Å²) in [6, 6.07) is 17.8. The average molecular weight is 401 g/mol. The number of nitrogens with zero attached hydrogens (tertiary/aromatic N) is 1. The number of carbonyl (C=O) groups excluding carboxylic acids is 1. The van der Waals surface area contributed by atoms with Crippen molar-refractivity contribution in [2.75, 3.05) is 0 Å². The molecule has 0 bridgehead atoms. The monoisotopic (exact) mass is 401 g/mol. The lowest BCUT2D eigenvalue weighted by molar-refractivity contribution is 0.0730. The van der Waals surface area contributed by atoms with Crippen LogP contribution in [0.15, 0.2) is 60.7 Å². The van der Waals surface area contributed by atoms with Crippen LogP contribution in [0.4, 0.5) is 8.78 Å². The summed E-state index contributed by atoms with van der Waals surface area (Å²) in [5, 5.41) is 11.7. The van der Waals surface area contributed by atoms with E-state index in [-0.39, 0.29) is 16.9 Å². The second-order valence-corrected chi connectivity index (χ2v) is 7.04. The van der Waals surface area contributed by atoms with E-state index < -0.39 is 17.6 Å². The zero-order valence-corrected chi connectivity index (χ0v) is 16.2. The number of hydrogen-bond donors (Lipinski definition) is 0. The Bertz CT molecular complexity index is 1340. The lowest BCUT2D eigenvalue weighted by atomic mass is 9.97. The molecule has 0 heterocycles. The smallest absolute Gasteiger partial charge is 0.346 e. The number of benzene rings is 4. The third-order valence-electron chi connectivity index (χ3n) is 5.05. The van der Waals surface area contributed by atoms with Crippen LogP contribution in [-0.2, 0) is 6.42 Å². The van der Waals surface area contributed by atoms with Crippen molar-refractivity contribution in [2.24, 2.45) is 0 Å². The predicted molar refractivity (Wildman–Crippen MR) is 111 cm³/mol. The lowest BCUT2D eigenvalue weighted by Crippen LogP contribution is -2.11. The van der Waals surface area contributed by atoms with E-state index in [4.69, 9.17) is 10.00 Å². The number of esters is 1. The van der Waals surface area contributed by atoms with E-state index in [9.17, 15) is 9.18 Å². The highest BCUT2D eigenvalue weighted by Crippen LogP contribution is 2.30. The highest BCUT2D eigenvalue weighted by atomic mass is 19.1. The largest absolute Gasteiger partial charge is 0.423 e. The van der Waals surface area contributed by atoms with Gasteiger partial charge in [-0.25, -0.2) is 13.6 Å². The molecule has 0 spiro atoms. The summed E-state index contributed by atoms with van der Waals surface area (Å²) < 4.78 is 34.0. The van der Waals surface area contributed by atoms with Crippen LogP contribution in [0.25, 0.3) is 21.5 Å². The number of ether oxygens (including phenoxy) is 1. The fourth-order valence-corrected chi connectivity index (χ4v) is 3.57. The van der Waals surface area contributed by atoms with Crippen LogP contribution in [0.5, 0.6) is 5.75 Å². The molecular formula is C25H17F2NO2. The molecule has 5 heteroatoms. The quantitative estimate of drug-likeness (QED) is 0.229. The molecule has 4 rings (SSSR count). The molecule has 148 valence electrons. The van der Waals surface area contributed by atoms with Crippen molar-refractivity contribution < 1.29 is 18.3 Å². The third kappa shape index (κ3) is 3.48. The topological polar surface area (TPSA) is 50.1 Å². The molecule has 0 aliphatic heterocycles. The molecule has 0 N–H and O–H groups in total. The standard InChI is InChI=1S/C25H17F2NO2/c1-2-3-15-4-8-19-16(12-15)6-9-21-20(19)10-11-22(24(21)27)25(29)30-18-7-5-17(14-28)23(26)13-18/h4-13H,2-3H2,1H3. The third-order valence-corrected chi connectivity index (χ3v) is 5.05. The van der Waals surface area contributed by atoms with Gasteiger partial charge in [0.2, 0.25) is 0 Å². The van der Waals surface area contributed by atoms with Gasteiger partial charge in [-0.2, -0.15) is 5.26 Å². The maximum Gasteiger partial charge on any atom is 0.346 e. The minimum atomic E-state index is -0.933. The highest BCUT2D eigenvalue weighted by molar-refractivity contribution is 6.09. The van der Waals surface area contributed by atoms with Crippen LogP contribution in [0, 0.1) is 23.0 Å². The molecule has 0 saturated heterocycles. The maximum absolute atomic E-state index is 15.1. The summed E-state index contributed by atoms with van der Waals surface area (Å²) >= 11 is 0. The molecule has 4 aromatic carbocycles. The number of halogens is 2. The molecule has 0 aromatic heterocycles. The molecule has 0 unspecified atom stereocenters. The van der Waals surface area contributed by atoms with Gasteiger partial charge in [0.05, 0.1) is 11.1 Å². The molecule has 0 amide bonds. The Labute approximate surface area is 172 Å². The molecule has 0 atom stereocenters. The van der Waals surface area contributed by atoms with Crippen LogP contribution < -0.4 is 4.74 Å². The maximum atomic E-state index is 15.1. The van der Waals surface area contributed by atoms with E-state index >= 15 is 4.39 Å². The van der Waals surface area contributed by atoms with Crippen LogP contribution in [0.3, 0.4) is 0 Å². The van der Waals surface area contributed by atoms with Crippen molar-refractivity contribution in [1.82, 2.24) is 0 Å². The fourth-order valence-electron chi connectivity index (χ4n) is 3.57. The van der Waals surface area contributed by atoms with E-state index in [1.165, 1.54) is 23.8 Å². The summed E-state index contributed by atoms with van der Waals surface area (Å²) in [5.41, 5.74) is 0.814. The van der Waals surface area contributed by atoms with E-state index in [0.717, 1.165) is 29.7 Å². The van der Waals surface area contributed by atoms with Crippen molar-refractivity contribution >= 4 is 27.5 Å². The Morgan fingerprint density at radius 2 is 1.73 bits per heavy atom. The normalized spacial score (nSPS) is 10.9. The lowest BCUT2D eigenvalue weighted by Gasteiger charge is -2.10. The van der Waals surface area contributed by atoms with Gasteiger partial charge in [-0.05, 0) is 46.3 Å². The summed E-state index contributed by atoms with van der Waals surface area (Å²) in [6.45, 7) is 2.12. The summed E-state index contributed by atoms with van der Waals surface area (Å²) in [4.78, 5) is 12.5. The van der Waals surface area contributed by atoms with E-state index in [0.29, 0.717) is 10.8 Å². The number of carbonyl (C=O) groups is 1. The van der Waals surface area contributed by atoms with Crippen LogP contribution in [0.2, 0.25) is 0 Å². The first-order chi connectivity index (χ1) is 14.5. The molecule has 0 saturated carbocycles. The Morgan fingerprint density at radius 1 is 0.967 bits per heavy atom. The Balaban J connectivity index is 1.71. The minimum absolute atomic E-state index is 0.0991. The number of hydrogen-bond acceptors (Lipinski definition) is 3. The number of fused-ring (bicyclic) bond motifs is 3. The van der Waals surface area contributed by atoms with Gasteiger partial charge in [0.25, 0.3) is 0 Å². The first-order valence-corrected chi connectivity index (χ1v) is 9.57. The van der Waals surface area contributed by atoms with Gasteiger partial charge in [-0.1, -0.05) is 49.7 Å². The second kappa shape index (κ2) is 7.92. The molecular weight excluding hydrogens is 384 g/mol. The molecule has 3 nitrogen and oxygen atoms in total. The van der Waals surface area contributed by atoms with Gasteiger partial charge in [-0.15, -0.1) is 0 Å². The molecule has 0 aliphatic rings. The Kier molecular flexibility index (Phi) is 5.16. The van der Waals surface area contributed by atoms with Crippen molar-refractivity contribution in [1.29, 1.82) is 5.26 Å². The molecule has 0 fully saturated rings. The van der Waals surface area contributed by atoms with Crippen molar-refractivity contribution in [3.05, 3.63) is 89.0 Å². The van der Waals surface area contributed by atoms with E-state index in [1.807, 2.05) is 18.2 Å². The van der Waals surface area contributed by atoms with Gasteiger partial charge in [0.1, 0.15) is 23.5 Å². The van der Waals surface area contributed by atoms with Gasteiger partial charge < -0.3 is 4.74 Å². The van der Waals surface area contributed by atoms with Crippen molar-refractivity contribution in [2.45, 2.75) is 19.8 Å². The Morgan fingerprint density at radius 3 is 2.47 bits per heavy atom. The van der Waals surface area contributed by atoms with Gasteiger partial charge in [0, 0.05) is 11.5 Å². The van der Waals surface area contributed by atoms with Crippen LogP contribution in [-0.4, -0.2) is 5.97 Å². The summed E-state index contributed by atoms with van der Waals surface area (Å²) in [6.07, 6.45) is 2.02. The molecule has 0 aliphatic carbocycles. The number of rotatable bonds is 4. The summed E-state index contributed by atoms with van der Waals surface area (Å²) in [7, 11) is 0.